The molecule has 2 heterocycles. The molecule has 0 aromatic heterocycles. The highest BCUT2D eigenvalue weighted by Crippen LogP contribution is 2.34. The van der Waals surface area contributed by atoms with E-state index in [1.807, 2.05) is 29.2 Å². The van der Waals surface area contributed by atoms with Gasteiger partial charge in [0.1, 0.15) is 6.10 Å². The van der Waals surface area contributed by atoms with E-state index in [-0.39, 0.29) is 18.1 Å². The number of hydrogen-bond donors (Lipinski definition) is 1. The monoisotopic (exact) mass is 365 g/mol. The van der Waals surface area contributed by atoms with Crippen LogP contribution in [-0.4, -0.2) is 37.7 Å². The van der Waals surface area contributed by atoms with E-state index in [1.165, 1.54) is 5.56 Å². The van der Waals surface area contributed by atoms with Crippen LogP contribution < -0.4 is 15.5 Å². The van der Waals surface area contributed by atoms with Crippen molar-refractivity contribution in [3.8, 4) is 0 Å². The molecule has 2 atom stereocenters. The van der Waals surface area contributed by atoms with Gasteiger partial charge in [0, 0.05) is 26.2 Å². The minimum atomic E-state index is -0.368. The molecule has 27 heavy (non-hydrogen) atoms. The van der Waals surface area contributed by atoms with Crippen LogP contribution in [0.25, 0.3) is 0 Å². The van der Waals surface area contributed by atoms with Gasteiger partial charge in [-0.25, -0.2) is 0 Å². The summed E-state index contributed by atoms with van der Waals surface area (Å²) in [5.74, 6) is 0.0694. The molecule has 4 rings (SSSR count). The fourth-order valence-corrected chi connectivity index (χ4v) is 4.05. The highest BCUT2D eigenvalue weighted by molar-refractivity contribution is 6.00. The second-order valence-corrected chi connectivity index (χ2v) is 7.30. The molecule has 2 aliphatic heterocycles. The lowest BCUT2D eigenvalue weighted by Gasteiger charge is -2.28. The topological polar surface area (TPSA) is 58.8 Å². The smallest absolute Gasteiger partial charge is 0.256 e. The number of rotatable bonds is 4. The molecule has 0 saturated carbocycles. The van der Waals surface area contributed by atoms with Crippen molar-refractivity contribution in [1.82, 2.24) is 0 Å². The van der Waals surface area contributed by atoms with Crippen LogP contribution in [0.5, 0.6) is 0 Å². The summed E-state index contributed by atoms with van der Waals surface area (Å²) in [6, 6.07) is 18.7. The van der Waals surface area contributed by atoms with Crippen LogP contribution in [0.4, 0.5) is 11.4 Å². The van der Waals surface area contributed by atoms with Gasteiger partial charge in [-0.3, -0.25) is 4.79 Å². The van der Waals surface area contributed by atoms with Crippen molar-refractivity contribution in [2.45, 2.75) is 38.0 Å². The number of hydrogen-bond acceptors (Lipinski definition) is 4. The Morgan fingerprint density at radius 2 is 1.74 bits per heavy atom. The highest BCUT2D eigenvalue weighted by atomic mass is 16.5. The third-order valence-electron chi connectivity index (χ3n) is 5.45. The Labute approximate surface area is 160 Å². The molecule has 2 aromatic carbocycles. The molecule has 0 unspecified atom stereocenters. The first-order chi connectivity index (χ1) is 13.3. The van der Waals surface area contributed by atoms with Crippen molar-refractivity contribution in [3.05, 3.63) is 60.2 Å². The maximum atomic E-state index is 13.2. The maximum absolute atomic E-state index is 13.2. The van der Waals surface area contributed by atoms with E-state index in [2.05, 4.69) is 35.2 Å². The second kappa shape index (κ2) is 8.11. The fraction of sp³-hybridized carbons (Fsp3) is 0.409. The Hall–Kier alpha value is -2.37. The average Bonchev–Trinajstić information content (AvgIpc) is 3.13. The first-order valence-corrected chi connectivity index (χ1v) is 9.81. The number of nitrogens with zero attached hydrogens (tertiary/aromatic N) is 2. The first kappa shape index (κ1) is 18.0. The molecular formula is C22H27N3O2. The Balaban J connectivity index is 1.58. The fourth-order valence-electron chi connectivity index (χ4n) is 4.05. The number of para-hydroxylation sites is 2. The number of benzene rings is 2. The van der Waals surface area contributed by atoms with Crippen molar-refractivity contribution in [2.75, 3.05) is 29.4 Å². The van der Waals surface area contributed by atoms with Gasteiger partial charge in [0.25, 0.3) is 5.91 Å². The molecule has 2 aromatic rings. The first-order valence-electron chi connectivity index (χ1n) is 9.81. The molecule has 0 spiro atoms. The van der Waals surface area contributed by atoms with Gasteiger partial charge in [-0.2, -0.15) is 0 Å². The lowest BCUT2D eigenvalue weighted by molar-refractivity contribution is -0.129. The normalized spacial score (nSPS) is 22.4. The van der Waals surface area contributed by atoms with E-state index < -0.39 is 0 Å². The Bertz CT molecular complexity index is 780. The predicted molar refractivity (Wildman–Crippen MR) is 108 cm³/mol. The van der Waals surface area contributed by atoms with E-state index in [4.69, 9.17) is 10.5 Å². The molecule has 0 aliphatic carbocycles. The van der Waals surface area contributed by atoms with Gasteiger partial charge in [-0.15, -0.1) is 0 Å². The van der Waals surface area contributed by atoms with Gasteiger partial charge in [0.2, 0.25) is 0 Å². The number of nitrogens with two attached hydrogens (primary N) is 1. The SMILES string of the molecule is NC[C@H]1CC[C@@H](C(=O)N2CCCN(Cc3ccccc3)c3ccccc32)O1. The van der Waals surface area contributed by atoms with Gasteiger partial charge >= 0.3 is 0 Å². The molecular weight excluding hydrogens is 338 g/mol. The average molecular weight is 365 g/mol. The van der Waals surface area contributed by atoms with Crippen molar-refractivity contribution in [2.24, 2.45) is 5.73 Å². The van der Waals surface area contributed by atoms with E-state index in [0.717, 1.165) is 43.7 Å². The number of carbonyl (C=O) groups excluding carboxylic acids is 1. The minimum Gasteiger partial charge on any atom is -0.365 e. The van der Waals surface area contributed by atoms with E-state index in [1.54, 1.807) is 0 Å². The van der Waals surface area contributed by atoms with Crippen molar-refractivity contribution < 1.29 is 9.53 Å². The van der Waals surface area contributed by atoms with Crippen LogP contribution >= 0.6 is 0 Å². The minimum absolute atomic E-state index is 0.00995. The van der Waals surface area contributed by atoms with Gasteiger partial charge < -0.3 is 20.3 Å². The largest absolute Gasteiger partial charge is 0.365 e. The van der Waals surface area contributed by atoms with Gasteiger partial charge in [0.15, 0.2) is 0 Å². The maximum Gasteiger partial charge on any atom is 0.256 e. The summed E-state index contributed by atoms with van der Waals surface area (Å²) in [6.45, 7) is 2.96. The van der Waals surface area contributed by atoms with E-state index in [9.17, 15) is 4.79 Å². The summed E-state index contributed by atoms with van der Waals surface area (Å²) in [7, 11) is 0. The molecule has 1 saturated heterocycles. The van der Waals surface area contributed by atoms with E-state index >= 15 is 0 Å². The molecule has 1 amide bonds. The quantitative estimate of drug-likeness (QED) is 0.905. The zero-order valence-electron chi connectivity index (χ0n) is 15.6. The zero-order valence-corrected chi connectivity index (χ0v) is 15.6. The van der Waals surface area contributed by atoms with Crippen molar-refractivity contribution >= 4 is 17.3 Å². The van der Waals surface area contributed by atoms with Crippen molar-refractivity contribution in [3.63, 3.8) is 0 Å². The Morgan fingerprint density at radius 3 is 2.48 bits per heavy atom. The lowest BCUT2D eigenvalue weighted by Crippen LogP contribution is -2.40. The number of ether oxygens (including phenoxy) is 1. The molecule has 142 valence electrons. The zero-order chi connectivity index (χ0) is 18.6. The summed E-state index contributed by atoms with van der Waals surface area (Å²) in [6.07, 6.45) is 2.19. The molecule has 1 fully saturated rings. The molecule has 2 aliphatic rings. The number of anilines is 2. The Morgan fingerprint density at radius 1 is 1.00 bits per heavy atom. The molecule has 5 heteroatoms. The summed E-state index contributed by atoms with van der Waals surface area (Å²) in [5, 5.41) is 0. The summed E-state index contributed by atoms with van der Waals surface area (Å²) < 4.78 is 5.87. The third-order valence-corrected chi connectivity index (χ3v) is 5.45. The molecule has 5 nitrogen and oxygen atoms in total. The molecule has 0 radical (unpaired) electrons. The second-order valence-electron chi connectivity index (χ2n) is 7.30. The number of carbonyl (C=O) groups is 1. The standard InChI is InChI=1S/C22H27N3O2/c23-15-18-11-12-21(27-18)22(26)25-14-6-13-24(16-17-7-2-1-3-8-17)19-9-4-5-10-20(19)25/h1-5,7-10,18,21H,6,11-16,23H2/t18-,21+/m1/s1. The van der Waals surface area contributed by atoms with Crippen LogP contribution in [0.1, 0.15) is 24.8 Å². The van der Waals surface area contributed by atoms with Gasteiger partial charge in [0.05, 0.1) is 17.5 Å². The van der Waals surface area contributed by atoms with Crippen LogP contribution in [0.15, 0.2) is 54.6 Å². The van der Waals surface area contributed by atoms with Gasteiger partial charge in [-0.1, -0.05) is 42.5 Å². The van der Waals surface area contributed by atoms with Crippen LogP contribution in [-0.2, 0) is 16.1 Å². The van der Waals surface area contributed by atoms with Crippen molar-refractivity contribution in [1.29, 1.82) is 0 Å². The van der Waals surface area contributed by atoms with Crippen LogP contribution in [0.2, 0.25) is 0 Å². The summed E-state index contributed by atoms with van der Waals surface area (Å²) in [4.78, 5) is 17.5. The predicted octanol–water partition coefficient (Wildman–Crippen LogP) is 2.94. The number of amides is 1. The lowest BCUT2D eigenvalue weighted by atomic mass is 10.1. The third kappa shape index (κ3) is 3.84. The highest BCUT2D eigenvalue weighted by Gasteiger charge is 2.35. The van der Waals surface area contributed by atoms with E-state index in [0.29, 0.717) is 13.1 Å². The number of fused-ring (bicyclic) bond motifs is 1. The van der Waals surface area contributed by atoms with Gasteiger partial charge in [-0.05, 0) is 37.0 Å². The molecule has 2 N–H and O–H groups in total. The van der Waals surface area contributed by atoms with Crippen LogP contribution in [0.3, 0.4) is 0 Å². The Kier molecular flexibility index (Phi) is 5.41. The molecule has 0 bridgehead atoms. The summed E-state index contributed by atoms with van der Waals surface area (Å²) >= 11 is 0. The van der Waals surface area contributed by atoms with Crippen LogP contribution in [0, 0.1) is 0 Å². The summed E-state index contributed by atoms with van der Waals surface area (Å²) in [5.41, 5.74) is 9.08.